The maximum Gasteiger partial charge on any atom is 0.250 e. The molecule has 0 spiro atoms. The summed E-state index contributed by atoms with van der Waals surface area (Å²) in [5, 5.41) is 4.98. The van der Waals surface area contributed by atoms with Crippen molar-refractivity contribution in [2.75, 3.05) is 18.5 Å². The van der Waals surface area contributed by atoms with Gasteiger partial charge in [-0.15, -0.1) is 22.7 Å². The van der Waals surface area contributed by atoms with Gasteiger partial charge in [0.1, 0.15) is 11.9 Å². The largest absolute Gasteiger partial charge is 0.305 e. The summed E-state index contributed by atoms with van der Waals surface area (Å²) in [5.41, 5.74) is 4.57. The SMILES string of the molecule is CNC1C(=O)N(c2cscn2)CCc2ncsc21. The van der Waals surface area contributed by atoms with Crippen LogP contribution in [0.5, 0.6) is 0 Å². The van der Waals surface area contributed by atoms with Gasteiger partial charge in [-0.3, -0.25) is 9.69 Å². The maximum absolute atomic E-state index is 12.5. The molecule has 1 N–H and O–H groups in total. The Morgan fingerprint density at radius 2 is 2.33 bits per heavy atom. The third kappa shape index (κ3) is 1.84. The molecular weight excluding hydrogens is 268 g/mol. The number of likely N-dealkylation sites (N-methyl/N-ethyl adjacent to an activating group) is 1. The number of carbonyl (C=O) groups is 1. The van der Waals surface area contributed by atoms with Gasteiger partial charge in [-0.25, -0.2) is 9.97 Å². The zero-order chi connectivity index (χ0) is 12.5. The van der Waals surface area contributed by atoms with E-state index in [0.717, 1.165) is 22.8 Å². The van der Waals surface area contributed by atoms with E-state index in [0.29, 0.717) is 6.54 Å². The van der Waals surface area contributed by atoms with E-state index in [1.54, 1.807) is 23.0 Å². The minimum absolute atomic E-state index is 0.0476. The van der Waals surface area contributed by atoms with Crippen LogP contribution in [0.1, 0.15) is 16.6 Å². The van der Waals surface area contributed by atoms with Crippen LogP contribution in [0.3, 0.4) is 0 Å². The monoisotopic (exact) mass is 280 g/mol. The average Bonchev–Trinajstić information content (AvgIpc) is 3.01. The zero-order valence-electron chi connectivity index (χ0n) is 9.79. The number of hydrogen-bond acceptors (Lipinski definition) is 6. The second kappa shape index (κ2) is 4.75. The molecule has 1 amide bonds. The Morgan fingerprint density at radius 1 is 1.44 bits per heavy atom. The highest BCUT2D eigenvalue weighted by atomic mass is 32.1. The van der Waals surface area contributed by atoms with Gasteiger partial charge in [-0.2, -0.15) is 0 Å². The summed E-state index contributed by atoms with van der Waals surface area (Å²) in [6.45, 7) is 0.636. The molecule has 1 aliphatic heterocycles. The van der Waals surface area contributed by atoms with E-state index in [4.69, 9.17) is 0 Å². The van der Waals surface area contributed by atoms with E-state index in [9.17, 15) is 4.79 Å². The Balaban J connectivity index is 1.99. The number of anilines is 1. The lowest BCUT2D eigenvalue weighted by Crippen LogP contribution is -2.39. The zero-order valence-corrected chi connectivity index (χ0v) is 11.4. The van der Waals surface area contributed by atoms with Gasteiger partial charge in [0.2, 0.25) is 0 Å². The number of nitrogens with zero attached hydrogens (tertiary/aromatic N) is 3. The fourth-order valence-electron chi connectivity index (χ4n) is 2.12. The average molecular weight is 280 g/mol. The Hall–Kier alpha value is -1.31. The molecule has 0 saturated heterocycles. The lowest BCUT2D eigenvalue weighted by Gasteiger charge is -2.21. The smallest absolute Gasteiger partial charge is 0.250 e. The van der Waals surface area contributed by atoms with E-state index in [-0.39, 0.29) is 11.9 Å². The lowest BCUT2D eigenvalue weighted by molar-refractivity contribution is -0.120. The summed E-state index contributed by atoms with van der Waals surface area (Å²) in [5.74, 6) is 0.784. The summed E-state index contributed by atoms with van der Waals surface area (Å²) in [6, 6.07) is -0.309. The van der Waals surface area contributed by atoms with Gasteiger partial charge in [0.15, 0.2) is 0 Å². The summed E-state index contributed by atoms with van der Waals surface area (Å²) >= 11 is 3.03. The Bertz CT molecular complexity index is 551. The minimum Gasteiger partial charge on any atom is -0.305 e. The third-order valence-corrected chi connectivity index (χ3v) is 4.51. The molecule has 0 saturated carbocycles. The van der Waals surface area contributed by atoms with Gasteiger partial charge in [0.25, 0.3) is 5.91 Å². The number of carbonyl (C=O) groups excluding carboxylic acids is 1. The van der Waals surface area contributed by atoms with Gasteiger partial charge in [-0.1, -0.05) is 0 Å². The predicted molar refractivity (Wildman–Crippen MR) is 72.1 cm³/mol. The summed E-state index contributed by atoms with van der Waals surface area (Å²) in [7, 11) is 1.80. The first kappa shape index (κ1) is 11.8. The number of aromatic nitrogens is 2. The van der Waals surface area contributed by atoms with Crippen molar-refractivity contribution in [2.45, 2.75) is 12.5 Å². The highest BCUT2D eigenvalue weighted by Gasteiger charge is 2.32. The molecular formula is C11H12N4OS2. The molecule has 0 aliphatic carbocycles. The van der Waals surface area contributed by atoms with Crippen LogP contribution in [0.15, 0.2) is 16.4 Å². The van der Waals surface area contributed by atoms with Gasteiger partial charge < -0.3 is 5.32 Å². The first-order chi connectivity index (χ1) is 8.81. The lowest BCUT2D eigenvalue weighted by atomic mass is 10.2. The van der Waals surface area contributed by atoms with Crippen LogP contribution >= 0.6 is 22.7 Å². The van der Waals surface area contributed by atoms with Crippen molar-refractivity contribution in [2.24, 2.45) is 0 Å². The Morgan fingerprint density at radius 3 is 3.06 bits per heavy atom. The first-order valence-corrected chi connectivity index (χ1v) is 7.42. The maximum atomic E-state index is 12.5. The fraction of sp³-hybridized carbons (Fsp3) is 0.364. The van der Waals surface area contributed by atoms with Crippen molar-refractivity contribution in [3.63, 3.8) is 0 Å². The van der Waals surface area contributed by atoms with E-state index >= 15 is 0 Å². The topological polar surface area (TPSA) is 58.1 Å². The highest BCUT2D eigenvalue weighted by molar-refractivity contribution is 7.10. The number of rotatable bonds is 2. The van der Waals surface area contributed by atoms with Crippen LogP contribution in [0.2, 0.25) is 0 Å². The molecule has 3 heterocycles. The number of fused-ring (bicyclic) bond motifs is 1. The number of nitrogens with one attached hydrogen (secondary N) is 1. The van der Waals surface area contributed by atoms with Gasteiger partial charge in [-0.05, 0) is 7.05 Å². The molecule has 1 unspecified atom stereocenters. The van der Waals surface area contributed by atoms with Crippen LogP contribution in [0.25, 0.3) is 0 Å². The molecule has 7 heteroatoms. The van der Waals surface area contributed by atoms with E-state index in [1.165, 1.54) is 22.7 Å². The highest BCUT2D eigenvalue weighted by Crippen LogP contribution is 2.29. The van der Waals surface area contributed by atoms with Crippen molar-refractivity contribution < 1.29 is 4.79 Å². The van der Waals surface area contributed by atoms with E-state index in [2.05, 4.69) is 15.3 Å². The minimum atomic E-state index is -0.309. The molecule has 2 aromatic heterocycles. The van der Waals surface area contributed by atoms with Crippen molar-refractivity contribution >= 4 is 34.4 Å². The Labute approximate surface area is 112 Å². The summed E-state index contributed by atoms with van der Waals surface area (Å²) < 4.78 is 0. The molecule has 0 fully saturated rings. The second-order valence-electron chi connectivity index (χ2n) is 3.97. The predicted octanol–water partition coefficient (Wildman–Crippen LogP) is 1.45. The molecule has 5 nitrogen and oxygen atoms in total. The molecule has 0 bridgehead atoms. The standard InChI is InChI=1S/C11H12N4OS2/c1-12-9-10-7(13-6-18-10)2-3-15(11(9)16)8-4-17-5-14-8/h4-6,9,12H,2-3H2,1H3. The van der Waals surface area contributed by atoms with Crippen LogP contribution in [-0.4, -0.2) is 29.5 Å². The first-order valence-electron chi connectivity index (χ1n) is 5.60. The summed E-state index contributed by atoms with van der Waals surface area (Å²) in [6.07, 6.45) is 0.778. The van der Waals surface area contributed by atoms with E-state index < -0.39 is 0 Å². The quantitative estimate of drug-likeness (QED) is 0.904. The van der Waals surface area contributed by atoms with Crippen molar-refractivity contribution in [3.05, 3.63) is 27.0 Å². The van der Waals surface area contributed by atoms with Crippen LogP contribution in [0, 0.1) is 0 Å². The number of amides is 1. The Kier molecular flexibility index (Phi) is 3.11. The molecule has 18 heavy (non-hydrogen) atoms. The van der Waals surface area contributed by atoms with Crippen LogP contribution in [-0.2, 0) is 11.2 Å². The third-order valence-electron chi connectivity index (χ3n) is 3.00. The van der Waals surface area contributed by atoms with Gasteiger partial charge in [0.05, 0.1) is 21.6 Å². The molecule has 94 valence electrons. The van der Waals surface area contributed by atoms with Crippen molar-refractivity contribution in [1.29, 1.82) is 0 Å². The van der Waals surface area contributed by atoms with Crippen LogP contribution < -0.4 is 10.2 Å². The molecule has 0 radical (unpaired) electrons. The van der Waals surface area contributed by atoms with Gasteiger partial charge >= 0.3 is 0 Å². The van der Waals surface area contributed by atoms with Crippen LogP contribution in [0.4, 0.5) is 5.82 Å². The second-order valence-corrected chi connectivity index (χ2v) is 5.58. The molecule has 1 aliphatic rings. The summed E-state index contributed by atoms with van der Waals surface area (Å²) in [4.78, 5) is 23.9. The normalized spacial score (nSPS) is 19.7. The number of thiazole rings is 2. The molecule has 3 rings (SSSR count). The van der Waals surface area contributed by atoms with Crippen molar-refractivity contribution in [1.82, 2.24) is 15.3 Å². The molecule has 2 aromatic rings. The molecule has 1 atom stereocenters. The van der Waals surface area contributed by atoms with Crippen molar-refractivity contribution in [3.8, 4) is 0 Å². The fourth-order valence-corrected chi connectivity index (χ4v) is 3.60. The molecule has 0 aromatic carbocycles. The van der Waals surface area contributed by atoms with E-state index in [1.807, 2.05) is 5.38 Å². The number of hydrogen-bond donors (Lipinski definition) is 1. The van der Waals surface area contributed by atoms with Gasteiger partial charge in [0, 0.05) is 18.3 Å².